The van der Waals surface area contributed by atoms with Crippen molar-refractivity contribution in [2.24, 2.45) is 0 Å². The Kier molecular flexibility index (Phi) is 3.09. The number of hydrogen-bond acceptors (Lipinski definition) is 3. The van der Waals surface area contributed by atoms with Gasteiger partial charge in [-0.15, -0.1) is 0 Å². The smallest absolute Gasteiger partial charge is 0.204 e. The van der Waals surface area contributed by atoms with Gasteiger partial charge in [0, 0.05) is 6.07 Å². The van der Waals surface area contributed by atoms with Crippen molar-refractivity contribution in [1.29, 1.82) is 0 Å². The van der Waals surface area contributed by atoms with Crippen LogP contribution in [0.1, 0.15) is 0 Å². The Morgan fingerprint density at radius 1 is 1.17 bits per heavy atom. The third-order valence-corrected chi connectivity index (χ3v) is 2.07. The van der Waals surface area contributed by atoms with E-state index < -0.39 is 35.7 Å². The van der Waals surface area contributed by atoms with Gasteiger partial charge in [0.25, 0.3) is 0 Å². The zero-order valence-corrected chi connectivity index (χ0v) is 8.83. The van der Waals surface area contributed by atoms with Gasteiger partial charge in [-0.25, -0.2) is 13.5 Å². The second-order valence-corrected chi connectivity index (χ2v) is 3.38. The van der Waals surface area contributed by atoms with E-state index in [9.17, 15) is 17.6 Å². The van der Waals surface area contributed by atoms with E-state index in [4.69, 9.17) is 5.73 Å². The minimum Gasteiger partial charge on any atom is -0.465 e. The molecule has 0 bridgehead atoms. The molecule has 18 heavy (non-hydrogen) atoms. The molecule has 0 aliphatic heterocycles. The molecule has 0 aliphatic carbocycles. The fraction of sp³-hybridized carbons (Fsp3) is 0.100. The van der Waals surface area contributed by atoms with Crippen molar-refractivity contribution < 1.29 is 22.3 Å². The average molecular weight is 261 g/mol. The molecule has 2 rings (SSSR count). The van der Waals surface area contributed by atoms with E-state index in [-0.39, 0.29) is 6.07 Å². The summed E-state index contributed by atoms with van der Waals surface area (Å²) in [4.78, 5) is 0. The van der Waals surface area contributed by atoms with Gasteiger partial charge in [-0.2, -0.15) is 13.9 Å². The van der Waals surface area contributed by atoms with E-state index in [0.717, 1.165) is 4.68 Å². The largest absolute Gasteiger partial charge is 0.465 e. The molecular weight excluding hydrogens is 254 g/mol. The van der Waals surface area contributed by atoms with Gasteiger partial charge in [-0.3, -0.25) is 0 Å². The lowest BCUT2D eigenvalue weighted by Crippen LogP contribution is -2.09. The highest BCUT2D eigenvalue weighted by Crippen LogP contribution is 2.26. The quantitative estimate of drug-likeness (QED) is 0.679. The van der Waals surface area contributed by atoms with Crippen molar-refractivity contribution in [2.45, 2.75) is 6.73 Å². The first kappa shape index (κ1) is 12.2. The predicted octanol–water partition coefficient (Wildman–Crippen LogP) is 2.06. The average Bonchev–Trinajstić information content (AvgIpc) is 2.73. The molecule has 0 spiro atoms. The molecule has 4 nitrogen and oxygen atoms in total. The Bertz CT molecular complexity index is 558. The Balaban J connectivity index is 2.24. The molecule has 1 heterocycles. The van der Waals surface area contributed by atoms with Crippen LogP contribution in [0.15, 0.2) is 18.5 Å². The number of nitrogens with two attached hydrogens (primary N) is 1. The standard InChI is InChI=1S/C10H7F4N3O/c11-6-1-7(12)9(14)10(8(6)13)18-4-17-3-5(15)2-16-17/h1-3H,4,15H2. The number of nitrogen functional groups attached to an aromatic ring is 1. The second-order valence-electron chi connectivity index (χ2n) is 3.38. The minimum atomic E-state index is -1.60. The zero-order valence-electron chi connectivity index (χ0n) is 8.83. The van der Waals surface area contributed by atoms with Gasteiger partial charge in [-0.05, 0) is 0 Å². The van der Waals surface area contributed by atoms with E-state index in [1.165, 1.54) is 12.4 Å². The van der Waals surface area contributed by atoms with Crippen LogP contribution >= 0.6 is 0 Å². The second kappa shape index (κ2) is 4.55. The molecule has 0 saturated heterocycles. The van der Waals surface area contributed by atoms with Crippen LogP contribution in [-0.4, -0.2) is 9.78 Å². The lowest BCUT2D eigenvalue weighted by molar-refractivity contribution is 0.195. The molecular formula is C10H7F4N3O. The van der Waals surface area contributed by atoms with E-state index in [1.807, 2.05) is 0 Å². The Hall–Kier alpha value is -2.25. The zero-order chi connectivity index (χ0) is 13.3. The maximum Gasteiger partial charge on any atom is 0.204 e. The third-order valence-electron chi connectivity index (χ3n) is 2.07. The van der Waals surface area contributed by atoms with Crippen LogP contribution in [0.3, 0.4) is 0 Å². The number of hydrogen-bond donors (Lipinski definition) is 1. The van der Waals surface area contributed by atoms with Crippen LogP contribution in [0.25, 0.3) is 0 Å². The molecule has 8 heteroatoms. The number of halogens is 4. The Morgan fingerprint density at radius 2 is 1.78 bits per heavy atom. The first-order valence-corrected chi connectivity index (χ1v) is 4.72. The maximum absolute atomic E-state index is 13.2. The van der Waals surface area contributed by atoms with Gasteiger partial charge in [0.05, 0.1) is 18.1 Å². The normalized spacial score (nSPS) is 10.7. The van der Waals surface area contributed by atoms with E-state index in [1.54, 1.807) is 0 Å². The molecule has 1 aromatic carbocycles. The summed E-state index contributed by atoms with van der Waals surface area (Å²) < 4.78 is 57.8. The number of benzene rings is 1. The summed E-state index contributed by atoms with van der Waals surface area (Å²) in [5.41, 5.74) is 5.66. The van der Waals surface area contributed by atoms with E-state index in [0.29, 0.717) is 5.69 Å². The molecule has 0 fully saturated rings. The van der Waals surface area contributed by atoms with Crippen LogP contribution < -0.4 is 10.5 Å². The summed E-state index contributed by atoms with van der Waals surface area (Å²) in [6.07, 6.45) is 2.60. The highest BCUT2D eigenvalue weighted by molar-refractivity contribution is 5.30. The Labute approximate surface area is 98.6 Å². The summed E-state index contributed by atoms with van der Waals surface area (Å²) in [5.74, 6) is -7.42. The number of anilines is 1. The minimum absolute atomic E-state index is 0.101. The molecule has 0 unspecified atom stereocenters. The molecule has 0 radical (unpaired) electrons. The summed E-state index contributed by atoms with van der Waals surface area (Å²) in [6, 6.07) is 0.101. The molecule has 0 saturated carbocycles. The summed E-state index contributed by atoms with van der Waals surface area (Å²) in [5, 5.41) is 3.67. The van der Waals surface area contributed by atoms with Crippen LogP contribution in [0.2, 0.25) is 0 Å². The highest BCUT2D eigenvalue weighted by Gasteiger charge is 2.20. The van der Waals surface area contributed by atoms with Crippen molar-refractivity contribution in [3.8, 4) is 5.75 Å². The van der Waals surface area contributed by atoms with Crippen LogP contribution in [-0.2, 0) is 6.73 Å². The Morgan fingerprint density at radius 3 is 2.28 bits per heavy atom. The van der Waals surface area contributed by atoms with Crippen LogP contribution in [0.5, 0.6) is 5.75 Å². The SMILES string of the molecule is Nc1cnn(COc2c(F)c(F)cc(F)c2F)c1. The van der Waals surface area contributed by atoms with Gasteiger partial charge in [0.1, 0.15) is 0 Å². The van der Waals surface area contributed by atoms with Crippen molar-refractivity contribution in [3.63, 3.8) is 0 Å². The third kappa shape index (κ3) is 2.22. The summed E-state index contributed by atoms with van der Waals surface area (Å²) in [6.45, 7) is -0.437. The van der Waals surface area contributed by atoms with Gasteiger partial charge >= 0.3 is 0 Å². The molecule has 2 aromatic rings. The van der Waals surface area contributed by atoms with E-state index >= 15 is 0 Å². The number of aromatic nitrogens is 2. The topological polar surface area (TPSA) is 53.1 Å². The fourth-order valence-electron chi connectivity index (χ4n) is 1.26. The molecule has 96 valence electrons. The highest BCUT2D eigenvalue weighted by atomic mass is 19.2. The van der Waals surface area contributed by atoms with Crippen molar-refractivity contribution in [2.75, 3.05) is 5.73 Å². The predicted molar refractivity (Wildman–Crippen MR) is 53.5 cm³/mol. The van der Waals surface area contributed by atoms with Crippen molar-refractivity contribution in [3.05, 3.63) is 41.7 Å². The van der Waals surface area contributed by atoms with Crippen LogP contribution in [0, 0.1) is 23.3 Å². The molecule has 0 atom stereocenters. The summed E-state index contributed by atoms with van der Waals surface area (Å²) in [7, 11) is 0. The molecule has 2 N–H and O–H groups in total. The molecule has 0 aliphatic rings. The maximum atomic E-state index is 13.2. The van der Waals surface area contributed by atoms with Gasteiger partial charge in [0.15, 0.2) is 24.1 Å². The number of rotatable bonds is 3. The first-order chi connectivity index (χ1) is 8.49. The lowest BCUT2D eigenvalue weighted by atomic mass is 10.3. The number of ether oxygens (including phenoxy) is 1. The van der Waals surface area contributed by atoms with E-state index in [2.05, 4.69) is 9.84 Å². The first-order valence-electron chi connectivity index (χ1n) is 4.72. The molecule has 0 amide bonds. The van der Waals surface area contributed by atoms with Crippen molar-refractivity contribution in [1.82, 2.24) is 9.78 Å². The number of nitrogens with zero attached hydrogens (tertiary/aromatic N) is 2. The van der Waals surface area contributed by atoms with Gasteiger partial charge < -0.3 is 10.5 Å². The molecule has 1 aromatic heterocycles. The van der Waals surface area contributed by atoms with Crippen molar-refractivity contribution >= 4 is 5.69 Å². The monoisotopic (exact) mass is 261 g/mol. The summed E-state index contributed by atoms with van der Waals surface area (Å²) >= 11 is 0. The van der Waals surface area contributed by atoms with Crippen LogP contribution in [0.4, 0.5) is 23.2 Å². The lowest BCUT2D eigenvalue weighted by Gasteiger charge is -2.09. The fourth-order valence-corrected chi connectivity index (χ4v) is 1.26. The van der Waals surface area contributed by atoms with Gasteiger partial charge in [-0.1, -0.05) is 0 Å². The van der Waals surface area contributed by atoms with Gasteiger partial charge in [0.2, 0.25) is 11.6 Å².